The average molecular weight is 225 g/mol. The molecule has 0 radical (unpaired) electrons. The highest BCUT2D eigenvalue weighted by atomic mass is 16.5. The summed E-state index contributed by atoms with van der Waals surface area (Å²) in [5, 5.41) is 8.17. The Hall–Kier alpha value is -0.940. The second-order valence-electron chi connectivity index (χ2n) is 4.61. The Labute approximate surface area is 95.4 Å². The summed E-state index contributed by atoms with van der Waals surface area (Å²) in [5.41, 5.74) is 5.34. The Balaban J connectivity index is 2.05. The molecule has 1 aliphatic rings. The zero-order chi connectivity index (χ0) is 11.4. The third-order valence-electron chi connectivity index (χ3n) is 3.02. The Morgan fingerprint density at radius 2 is 2.31 bits per heavy atom. The molecule has 1 unspecified atom stereocenters. The van der Waals surface area contributed by atoms with Crippen LogP contribution in [0.4, 0.5) is 0 Å². The average Bonchev–Trinajstić information content (AvgIpc) is 2.77. The van der Waals surface area contributed by atoms with Crippen molar-refractivity contribution in [1.29, 1.82) is 0 Å². The van der Waals surface area contributed by atoms with Gasteiger partial charge in [-0.15, -0.1) is 10.2 Å². The van der Waals surface area contributed by atoms with Crippen molar-refractivity contribution in [2.24, 2.45) is 5.73 Å². The lowest BCUT2D eigenvalue weighted by molar-refractivity contribution is 0.0302. The van der Waals surface area contributed by atoms with Gasteiger partial charge in [0.05, 0.1) is 12.0 Å². The van der Waals surface area contributed by atoms with Crippen molar-refractivity contribution in [3.05, 3.63) is 11.8 Å². The number of nitrogens with two attached hydrogens (primary N) is 1. The van der Waals surface area contributed by atoms with Crippen LogP contribution in [0.15, 0.2) is 4.42 Å². The van der Waals surface area contributed by atoms with E-state index in [1.54, 1.807) is 0 Å². The van der Waals surface area contributed by atoms with Crippen molar-refractivity contribution >= 4 is 0 Å². The van der Waals surface area contributed by atoms with Crippen LogP contribution >= 0.6 is 0 Å². The minimum Gasteiger partial charge on any atom is -0.425 e. The van der Waals surface area contributed by atoms with E-state index < -0.39 is 0 Å². The summed E-state index contributed by atoms with van der Waals surface area (Å²) in [6.45, 7) is 4.28. The molecule has 16 heavy (non-hydrogen) atoms. The number of aryl methyl sites for hydroxylation is 1. The Bertz CT molecular complexity index is 332. The van der Waals surface area contributed by atoms with Gasteiger partial charge in [-0.25, -0.2) is 0 Å². The molecular formula is C11H19N3O2. The van der Waals surface area contributed by atoms with Gasteiger partial charge in [0.2, 0.25) is 11.8 Å². The number of aromatic nitrogens is 2. The fourth-order valence-corrected chi connectivity index (χ4v) is 1.95. The van der Waals surface area contributed by atoms with E-state index >= 15 is 0 Å². The van der Waals surface area contributed by atoms with Crippen LogP contribution < -0.4 is 5.73 Å². The molecule has 0 aromatic carbocycles. The van der Waals surface area contributed by atoms with Crippen molar-refractivity contribution in [1.82, 2.24) is 10.2 Å². The van der Waals surface area contributed by atoms with Gasteiger partial charge >= 0.3 is 0 Å². The highest BCUT2D eigenvalue weighted by Gasteiger charge is 2.35. The van der Waals surface area contributed by atoms with Crippen LogP contribution in [0.1, 0.15) is 38.0 Å². The van der Waals surface area contributed by atoms with Gasteiger partial charge in [0.15, 0.2) is 0 Å². The van der Waals surface area contributed by atoms with E-state index in [1.807, 2.05) is 0 Å². The number of nitrogens with zero attached hydrogens (tertiary/aromatic N) is 2. The summed E-state index contributed by atoms with van der Waals surface area (Å²) in [6, 6.07) is 0. The minimum atomic E-state index is -0.105. The third kappa shape index (κ3) is 2.41. The molecule has 1 aromatic rings. The zero-order valence-electron chi connectivity index (χ0n) is 9.74. The fraction of sp³-hybridized carbons (Fsp3) is 0.818. The van der Waals surface area contributed by atoms with Gasteiger partial charge in [0, 0.05) is 13.0 Å². The molecule has 2 heterocycles. The van der Waals surface area contributed by atoms with Crippen molar-refractivity contribution < 1.29 is 9.15 Å². The topological polar surface area (TPSA) is 74.2 Å². The van der Waals surface area contributed by atoms with E-state index in [1.165, 1.54) is 0 Å². The van der Waals surface area contributed by atoms with Gasteiger partial charge < -0.3 is 14.9 Å². The first-order valence-electron chi connectivity index (χ1n) is 5.85. The van der Waals surface area contributed by atoms with E-state index in [0.29, 0.717) is 24.9 Å². The Morgan fingerprint density at radius 1 is 1.44 bits per heavy atom. The smallest absolute Gasteiger partial charge is 0.224 e. The molecule has 1 aromatic heterocycles. The Kier molecular flexibility index (Phi) is 3.56. The lowest BCUT2D eigenvalue weighted by Gasteiger charge is -2.29. The summed E-state index contributed by atoms with van der Waals surface area (Å²) in [6.07, 6.45) is 3.75. The number of ether oxygens (including phenoxy) is 1. The van der Waals surface area contributed by atoms with Gasteiger partial charge in [0.25, 0.3) is 0 Å². The maximum absolute atomic E-state index is 5.67. The van der Waals surface area contributed by atoms with Gasteiger partial charge in [0.1, 0.15) is 0 Å². The van der Waals surface area contributed by atoms with Crippen LogP contribution in [0, 0.1) is 0 Å². The largest absolute Gasteiger partial charge is 0.425 e. The first-order chi connectivity index (χ1) is 7.74. The van der Waals surface area contributed by atoms with Crippen molar-refractivity contribution in [3.8, 4) is 0 Å². The second kappa shape index (κ2) is 4.93. The minimum absolute atomic E-state index is 0.105. The fourth-order valence-electron chi connectivity index (χ4n) is 1.95. The first kappa shape index (κ1) is 11.5. The molecule has 2 rings (SSSR count). The normalized spacial score (nSPS) is 25.9. The van der Waals surface area contributed by atoms with Crippen molar-refractivity contribution in [2.45, 2.75) is 38.0 Å². The molecule has 1 fully saturated rings. The zero-order valence-corrected chi connectivity index (χ0v) is 9.74. The van der Waals surface area contributed by atoms with E-state index in [4.69, 9.17) is 14.9 Å². The van der Waals surface area contributed by atoms with Crippen LogP contribution in [0.2, 0.25) is 0 Å². The number of hydrogen-bond acceptors (Lipinski definition) is 5. The maximum atomic E-state index is 5.67. The summed E-state index contributed by atoms with van der Waals surface area (Å²) in [7, 11) is 0. The summed E-state index contributed by atoms with van der Waals surface area (Å²) in [5.74, 6) is 1.39. The molecular weight excluding hydrogens is 206 g/mol. The highest BCUT2D eigenvalue weighted by Crippen LogP contribution is 2.31. The molecule has 0 amide bonds. The number of rotatable bonds is 4. The van der Waals surface area contributed by atoms with Crippen LogP contribution in [-0.4, -0.2) is 30.0 Å². The lowest BCUT2D eigenvalue weighted by Crippen LogP contribution is -2.33. The highest BCUT2D eigenvalue weighted by molar-refractivity contribution is 5.03. The maximum Gasteiger partial charge on any atom is 0.224 e. The monoisotopic (exact) mass is 225 g/mol. The standard InChI is InChI=1S/C11H19N3O2/c1-11(5-3-7-15-8-11)10-14-13-9(16-10)4-2-6-12/h2-8,12H2,1H3. The first-order valence-corrected chi connectivity index (χ1v) is 5.85. The third-order valence-corrected chi connectivity index (χ3v) is 3.02. The molecule has 0 saturated carbocycles. The van der Waals surface area contributed by atoms with Gasteiger partial charge in [-0.1, -0.05) is 0 Å². The van der Waals surface area contributed by atoms with E-state index in [-0.39, 0.29) is 5.41 Å². The molecule has 0 aliphatic carbocycles. The molecule has 1 saturated heterocycles. The summed E-state index contributed by atoms with van der Waals surface area (Å²) >= 11 is 0. The molecule has 5 nitrogen and oxygen atoms in total. The quantitative estimate of drug-likeness (QED) is 0.828. The molecule has 0 bridgehead atoms. The van der Waals surface area contributed by atoms with E-state index in [2.05, 4.69) is 17.1 Å². The second-order valence-corrected chi connectivity index (χ2v) is 4.61. The Morgan fingerprint density at radius 3 is 3.00 bits per heavy atom. The summed E-state index contributed by atoms with van der Waals surface area (Å²) < 4.78 is 11.2. The molecule has 1 aliphatic heterocycles. The predicted octanol–water partition coefficient (Wildman–Crippen LogP) is 1.03. The van der Waals surface area contributed by atoms with Gasteiger partial charge in [-0.2, -0.15) is 0 Å². The molecule has 1 atom stereocenters. The van der Waals surface area contributed by atoms with Crippen LogP contribution in [-0.2, 0) is 16.6 Å². The summed E-state index contributed by atoms with van der Waals surface area (Å²) in [4.78, 5) is 0. The molecule has 5 heteroatoms. The van der Waals surface area contributed by atoms with Crippen LogP contribution in [0.3, 0.4) is 0 Å². The molecule has 0 spiro atoms. The SMILES string of the molecule is CC1(c2nnc(CCCN)o2)CCCOC1. The van der Waals surface area contributed by atoms with Gasteiger partial charge in [-0.3, -0.25) is 0 Å². The van der Waals surface area contributed by atoms with Crippen molar-refractivity contribution in [2.75, 3.05) is 19.8 Å². The number of hydrogen-bond donors (Lipinski definition) is 1. The van der Waals surface area contributed by atoms with E-state index in [0.717, 1.165) is 32.3 Å². The van der Waals surface area contributed by atoms with Gasteiger partial charge in [-0.05, 0) is 32.7 Å². The van der Waals surface area contributed by atoms with E-state index in [9.17, 15) is 0 Å². The van der Waals surface area contributed by atoms with Crippen LogP contribution in [0.5, 0.6) is 0 Å². The van der Waals surface area contributed by atoms with Crippen LogP contribution in [0.25, 0.3) is 0 Å². The van der Waals surface area contributed by atoms with Crippen molar-refractivity contribution in [3.63, 3.8) is 0 Å². The molecule has 2 N–H and O–H groups in total. The predicted molar refractivity (Wildman–Crippen MR) is 59.1 cm³/mol. The lowest BCUT2D eigenvalue weighted by atomic mass is 9.85. The molecule has 90 valence electrons.